The first-order valence-electron chi connectivity index (χ1n) is 4.14. The smallest absolute Gasteiger partial charge is 0.189 e. The molecule has 3 heteroatoms. The molecule has 0 aromatic heterocycles. The summed E-state index contributed by atoms with van der Waals surface area (Å²) in [5.41, 5.74) is 4.80. The fourth-order valence-corrected chi connectivity index (χ4v) is 1.67. The van der Waals surface area contributed by atoms with Crippen molar-refractivity contribution in [2.75, 3.05) is 0 Å². The summed E-state index contributed by atoms with van der Waals surface area (Å²) in [5, 5.41) is 9.81. The van der Waals surface area contributed by atoms with E-state index in [1.807, 2.05) is 0 Å². The fraction of sp³-hybridized carbons (Fsp3) is 0.667. The van der Waals surface area contributed by atoms with Crippen LogP contribution in [-0.2, 0) is 4.79 Å². The minimum Gasteiger partial charge on any atom is -0.382 e. The molecule has 1 aliphatic rings. The lowest BCUT2D eigenvalue weighted by molar-refractivity contribution is -0.132. The molecule has 1 rings (SSSR count). The summed E-state index contributed by atoms with van der Waals surface area (Å²) in [6.45, 7) is 5.13. The fourth-order valence-electron chi connectivity index (χ4n) is 1.67. The number of ketones is 1. The van der Waals surface area contributed by atoms with Crippen LogP contribution in [0.2, 0.25) is 0 Å². The number of carbonyl (C=O) groups excluding carboxylic acids is 1. The average Bonchev–Trinajstić information content (AvgIpc) is 2.31. The van der Waals surface area contributed by atoms with Gasteiger partial charge in [0.25, 0.3) is 0 Å². The predicted molar refractivity (Wildman–Crippen MR) is 46.6 cm³/mol. The summed E-state index contributed by atoms with van der Waals surface area (Å²) in [6.07, 6.45) is 1.56. The van der Waals surface area contributed by atoms with Gasteiger partial charge in [0.05, 0.1) is 0 Å². The second-order valence-corrected chi connectivity index (χ2v) is 3.64. The number of Topliss-reactive ketones (excluding diaryl/α,β-unsaturated/α-hetero) is 1. The van der Waals surface area contributed by atoms with Gasteiger partial charge in [-0.05, 0) is 31.8 Å². The van der Waals surface area contributed by atoms with Crippen LogP contribution in [0.25, 0.3) is 0 Å². The Hall–Kier alpha value is -0.670. The number of nitrogens with two attached hydrogens (primary N) is 1. The van der Waals surface area contributed by atoms with Gasteiger partial charge in [-0.3, -0.25) is 4.79 Å². The molecule has 0 aliphatic heterocycles. The second-order valence-electron chi connectivity index (χ2n) is 3.64. The molecule has 2 unspecified atom stereocenters. The zero-order chi connectivity index (χ0) is 9.35. The minimum atomic E-state index is -1.22. The molecule has 3 N–H and O–H groups in total. The zero-order valence-corrected chi connectivity index (χ0v) is 7.34. The highest BCUT2D eigenvalue weighted by Gasteiger charge is 2.42. The minimum absolute atomic E-state index is 0.0432. The van der Waals surface area contributed by atoms with Gasteiger partial charge in [-0.2, -0.15) is 0 Å². The molecule has 0 bridgehead atoms. The van der Waals surface area contributed by atoms with Gasteiger partial charge in [-0.15, -0.1) is 0 Å². The molecular weight excluding hydrogens is 154 g/mol. The van der Waals surface area contributed by atoms with E-state index in [1.54, 1.807) is 6.92 Å². The van der Waals surface area contributed by atoms with Crippen molar-refractivity contribution in [2.45, 2.75) is 37.8 Å². The van der Waals surface area contributed by atoms with E-state index in [0.717, 1.165) is 6.42 Å². The maximum atomic E-state index is 11.4. The summed E-state index contributed by atoms with van der Waals surface area (Å²) >= 11 is 0. The van der Waals surface area contributed by atoms with E-state index in [4.69, 9.17) is 5.73 Å². The van der Waals surface area contributed by atoms with Crippen molar-refractivity contribution in [1.82, 2.24) is 0 Å². The first-order chi connectivity index (χ1) is 5.46. The van der Waals surface area contributed by atoms with E-state index in [9.17, 15) is 9.90 Å². The quantitative estimate of drug-likeness (QED) is 0.587. The lowest BCUT2D eigenvalue weighted by atomic mass is 9.92. The van der Waals surface area contributed by atoms with Crippen LogP contribution in [0.15, 0.2) is 12.2 Å². The maximum Gasteiger partial charge on any atom is 0.189 e. The van der Waals surface area contributed by atoms with Crippen LogP contribution in [0, 0.1) is 0 Å². The van der Waals surface area contributed by atoms with E-state index >= 15 is 0 Å². The monoisotopic (exact) mass is 169 g/mol. The van der Waals surface area contributed by atoms with Gasteiger partial charge < -0.3 is 10.8 Å². The summed E-state index contributed by atoms with van der Waals surface area (Å²) in [5.74, 6) is -0.254. The third kappa shape index (κ3) is 1.57. The Morgan fingerprint density at radius 1 is 1.75 bits per heavy atom. The van der Waals surface area contributed by atoms with Gasteiger partial charge in [0, 0.05) is 6.04 Å². The largest absolute Gasteiger partial charge is 0.382 e. The Labute approximate surface area is 72.3 Å². The number of carbonyl (C=O) groups is 1. The molecular formula is C9H15NO2. The highest BCUT2D eigenvalue weighted by Crippen LogP contribution is 2.31. The SMILES string of the molecule is C=C(C)C(=O)C1(O)CCC(N)C1. The number of rotatable bonds is 2. The van der Waals surface area contributed by atoms with E-state index in [0.29, 0.717) is 18.4 Å². The highest BCUT2D eigenvalue weighted by atomic mass is 16.3. The molecule has 0 amide bonds. The maximum absolute atomic E-state index is 11.4. The molecule has 1 aliphatic carbocycles. The van der Waals surface area contributed by atoms with E-state index in [-0.39, 0.29) is 11.8 Å². The molecule has 0 radical (unpaired) electrons. The van der Waals surface area contributed by atoms with Crippen LogP contribution in [-0.4, -0.2) is 22.5 Å². The van der Waals surface area contributed by atoms with Crippen LogP contribution < -0.4 is 5.73 Å². The zero-order valence-electron chi connectivity index (χ0n) is 7.34. The average molecular weight is 169 g/mol. The van der Waals surface area contributed by atoms with Crippen LogP contribution in [0.4, 0.5) is 0 Å². The van der Waals surface area contributed by atoms with Crippen LogP contribution >= 0.6 is 0 Å². The topological polar surface area (TPSA) is 63.3 Å². The van der Waals surface area contributed by atoms with Gasteiger partial charge in [0.2, 0.25) is 0 Å². The number of hydrogen-bond acceptors (Lipinski definition) is 3. The molecule has 12 heavy (non-hydrogen) atoms. The molecule has 2 atom stereocenters. The first kappa shape index (κ1) is 9.42. The Bertz CT molecular complexity index is 225. The van der Waals surface area contributed by atoms with Crippen molar-refractivity contribution in [3.63, 3.8) is 0 Å². The van der Waals surface area contributed by atoms with Crippen molar-refractivity contribution in [1.29, 1.82) is 0 Å². The summed E-state index contributed by atoms with van der Waals surface area (Å²) in [6, 6.07) is -0.0432. The summed E-state index contributed by atoms with van der Waals surface area (Å²) in [7, 11) is 0. The highest BCUT2D eigenvalue weighted by molar-refractivity contribution is 6.00. The van der Waals surface area contributed by atoms with Crippen LogP contribution in [0.3, 0.4) is 0 Å². The third-order valence-corrected chi connectivity index (χ3v) is 2.34. The molecule has 0 saturated heterocycles. The van der Waals surface area contributed by atoms with E-state index in [1.165, 1.54) is 0 Å². The van der Waals surface area contributed by atoms with Crippen molar-refractivity contribution < 1.29 is 9.90 Å². The molecule has 68 valence electrons. The Morgan fingerprint density at radius 2 is 2.33 bits per heavy atom. The Morgan fingerprint density at radius 3 is 2.67 bits per heavy atom. The molecule has 0 spiro atoms. The van der Waals surface area contributed by atoms with Crippen molar-refractivity contribution in [2.24, 2.45) is 5.73 Å². The number of hydrogen-bond donors (Lipinski definition) is 2. The predicted octanol–water partition coefficient (Wildman–Crippen LogP) is 0.374. The van der Waals surface area contributed by atoms with Gasteiger partial charge in [0.15, 0.2) is 5.78 Å². The van der Waals surface area contributed by atoms with Gasteiger partial charge in [-0.25, -0.2) is 0 Å². The van der Waals surface area contributed by atoms with Crippen LogP contribution in [0.5, 0.6) is 0 Å². The molecule has 0 heterocycles. The summed E-state index contributed by atoms with van der Waals surface area (Å²) < 4.78 is 0. The lowest BCUT2D eigenvalue weighted by Crippen LogP contribution is -2.37. The molecule has 1 saturated carbocycles. The second kappa shape index (κ2) is 2.99. The summed E-state index contributed by atoms with van der Waals surface area (Å²) in [4.78, 5) is 11.4. The lowest BCUT2D eigenvalue weighted by Gasteiger charge is -2.20. The first-order valence-corrected chi connectivity index (χ1v) is 4.14. The van der Waals surface area contributed by atoms with Crippen LogP contribution in [0.1, 0.15) is 26.2 Å². The standard InChI is InChI=1S/C9H15NO2/c1-6(2)8(11)9(12)4-3-7(10)5-9/h7,12H,1,3-5,10H2,2H3. The van der Waals surface area contributed by atoms with E-state index in [2.05, 4.69) is 6.58 Å². The van der Waals surface area contributed by atoms with Crippen molar-refractivity contribution in [3.05, 3.63) is 12.2 Å². The van der Waals surface area contributed by atoms with E-state index < -0.39 is 5.60 Å². The van der Waals surface area contributed by atoms with Gasteiger partial charge in [0.1, 0.15) is 5.60 Å². The van der Waals surface area contributed by atoms with Crippen molar-refractivity contribution in [3.8, 4) is 0 Å². The van der Waals surface area contributed by atoms with Gasteiger partial charge in [-0.1, -0.05) is 6.58 Å². The number of aliphatic hydroxyl groups is 1. The normalized spacial score (nSPS) is 35.1. The molecule has 1 fully saturated rings. The van der Waals surface area contributed by atoms with Crippen molar-refractivity contribution >= 4 is 5.78 Å². The molecule has 0 aromatic rings. The third-order valence-electron chi connectivity index (χ3n) is 2.34. The molecule has 3 nitrogen and oxygen atoms in total. The van der Waals surface area contributed by atoms with Gasteiger partial charge >= 0.3 is 0 Å². The Balaban J connectivity index is 2.73. The molecule has 0 aromatic carbocycles. The Kier molecular flexibility index (Phi) is 2.35.